The molecule has 28 heavy (non-hydrogen) atoms. The second-order valence-corrected chi connectivity index (χ2v) is 10.4. The first-order chi connectivity index (χ1) is 12.5. The first kappa shape index (κ1) is 22.7. The first-order valence-corrected chi connectivity index (χ1v) is 10.8. The number of rotatable bonds is 3. The van der Waals surface area contributed by atoms with Gasteiger partial charge < -0.3 is 0 Å². The van der Waals surface area contributed by atoms with Gasteiger partial charge in [-0.05, 0) is 76.5 Å². The Morgan fingerprint density at radius 2 is 1.43 bits per heavy atom. The maximum Gasteiger partial charge on any atom is 0.417 e. The van der Waals surface area contributed by atoms with Gasteiger partial charge in [-0.2, -0.15) is 13.2 Å². The Bertz CT molecular complexity index is 1000. The molecule has 0 atom stereocenters. The number of hydrogen-bond donors (Lipinski definition) is 1. The highest BCUT2D eigenvalue weighted by Crippen LogP contribution is 2.40. The van der Waals surface area contributed by atoms with Gasteiger partial charge in [0.2, 0.25) is 0 Å². The van der Waals surface area contributed by atoms with E-state index in [9.17, 15) is 21.6 Å². The minimum atomic E-state index is -4.61. The van der Waals surface area contributed by atoms with Crippen molar-refractivity contribution in [3.63, 3.8) is 0 Å². The average molecular weight is 478 g/mol. The molecule has 0 saturated heterocycles. The van der Waals surface area contributed by atoms with Crippen LogP contribution in [0.5, 0.6) is 0 Å². The Morgan fingerprint density at radius 3 is 1.86 bits per heavy atom. The van der Waals surface area contributed by atoms with Gasteiger partial charge in [-0.15, -0.1) is 0 Å². The molecular formula is C20H23BrF3NO2S. The molecule has 3 nitrogen and oxygen atoms in total. The molecule has 154 valence electrons. The van der Waals surface area contributed by atoms with E-state index in [0.29, 0.717) is 16.7 Å². The Morgan fingerprint density at radius 1 is 0.929 bits per heavy atom. The molecule has 2 aromatic carbocycles. The van der Waals surface area contributed by atoms with Crippen molar-refractivity contribution in [3.05, 3.63) is 56.6 Å². The highest BCUT2D eigenvalue weighted by Gasteiger charge is 2.35. The zero-order valence-corrected chi connectivity index (χ0v) is 18.9. The molecule has 0 unspecified atom stereocenters. The van der Waals surface area contributed by atoms with Crippen molar-refractivity contribution in [2.24, 2.45) is 0 Å². The van der Waals surface area contributed by atoms with Crippen LogP contribution >= 0.6 is 15.9 Å². The maximum absolute atomic E-state index is 13.2. The average Bonchev–Trinajstić information content (AvgIpc) is 2.47. The number of benzene rings is 2. The number of nitrogens with one attached hydrogen (secondary N) is 1. The zero-order chi connectivity index (χ0) is 21.7. The Hall–Kier alpha value is -1.54. The Kier molecular flexibility index (Phi) is 5.99. The number of sulfonamides is 1. The van der Waals surface area contributed by atoms with Crippen molar-refractivity contribution < 1.29 is 21.6 Å². The van der Waals surface area contributed by atoms with Crippen molar-refractivity contribution in [3.8, 4) is 0 Å². The van der Waals surface area contributed by atoms with Crippen molar-refractivity contribution >= 4 is 31.6 Å². The lowest BCUT2D eigenvalue weighted by atomic mass is 9.85. The Balaban J connectivity index is 2.59. The highest BCUT2D eigenvalue weighted by atomic mass is 79.9. The lowest BCUT2D eigenvalue weighted by Gasteiger charge is -2.23. The number of anilines is 1. The van der Waals surface area contributed by atoms with Crippen molar-refractivity contribution in [1.29, 1.82) is 0 Å². The second kappa shape index (κ2) is 7.37. The molecule has 0 radical (unpaired) electrons. The third kappa shape index (κ3) is 4.71. The van der Waals surface area contributed by atoms with E-state index >= 15 is 0 Å². The fourth-order valence-corrected chi connectivity index (χ4v) is 5.25. The molecule has 0 spiro atoms. The number of alkyl halides is 3. The summed E-state index contributed by atoms with van der Waals surface area (Å²) in [5.41, 5.74) is 1.12. The van der Waals surface area contributed by atoms with E-state index in [0.717, 1.165) is 11.6 Å². The van der Waals surface area contributed by atoms with Crippen LogP contribution in [-0.4, -0.2) is 8.42 Å². The van der Waals surface area contributed by atoms with Crippen LogP contribution < -0.4 is 4.72 Å². The summed E-state index contributed by atoms with van der Waals surface area (Å²) in [5, 5.41) is 0. The largest absolute Gasteiger partial charge is 0.417 e. The van der Waals surface area contributed by atoms with Gasteiger partial charge in [-0.3, -0.25) is 4.72 Å². The molecule has 0 amide bonds. The van der Waals surface area contributed by atoms with Crippen molar-refractivity contribution in [2.45, 2.75) is 58.0 Å². The summed E-state index contributed by atoms with van der Waals surface area (Å²) >= 11 is 2.90. The van der Waals surface area contributed by atoms with Gasteiger partial charge in [0.1, 0.15) is 0 Å². The molecule has 8 heteroatoms. The molecule has 0 bridgehead atoms. The summed E-state index contributed by atoms with van der Waals surface area (Å²) in [6, 6.07) is 5.93. The van der Waals surface area contributed by atoms with Crippen LogP contribution in [0.4, 0.5) is 18.9 Å². The third-order valence-electron chi connectivity index (χ3n) is 4.36. The van der Waals surface area contributed by atoms with Gasteiger partial charge >= 0.3 is 6.18 Å². The standard InChI is InChI=1S/C20H23BrF3NO2S/c1-11-7-15(20(22,23)24)17(21)16(8-11)25-28(26,27)18-12(2)9-14(10-13(18)3)19(4,5)6/h7-10,25H,1-6H3. The van der Waals surface area contributed by atoms with E-state index in [1.165, 1.54) is 13.0 Å². The monoisotopic (exact) mass is 477 g/mol. The van der Waals surface area contributed by atoms with Crippen LogP contribution in [0.25, 0.3) is 0 Å². The molecule has 0 aliphatic heterocycles. The van der Waals surface area contributed by atoms with E-state index < -0.39 is 21.8 Å². The highest BCUT2D eigenvalue weighted by molar-refractivity contribution is 9.10. The summed E-state index contributed by atoms with van der Waals surface area (Å²) in [5.74, 6) is 0. The fraction of sp³-hybridized carbons (Fsp3) is 0.400. The lowest BCUT2D eigenvalue weighted by Crippen LogP contribution is -2.19. The quantitative estimate of drug-likeness (QED) is 0.548. The van der Waals surface area contributed by atoms with Crippen LogP contribution in [0.15, 0.2) is 33.6 Å². The van der Waals surface area contributed by atoms with Gasteiger partial charge in [0, 0.05) is 0 Å². The van der Waals surface area contributed by atoms with Crippen LogP contribution in [-0.2, 0) is 21.6 Å². The minimum absolute atomic E-state index is 0.0717. The van der Waals surface area contributed by atoms with Gasteiger partial charge in [0.25, 0.3) is 10.0 Å². The summed E-state index contributed by atoms with van der Waals surface area (Å²) < 4.78 is 67.7. The van der Waals surface area contributed by atoms with Crippen LogP contribution in [0, 0.1) is 20.8 Å². The zero-order valence-electron chi connectivity index (χ0n) is 16.5. The van der Waals surface area contributed by atoms with E-state index in [1.807, 2.05) is 20.8 Å². The molecule has 0 saturated carbocycles. The van der Waals surface area contributed by atoms with Crippen LogP contribution in [0.3, 0.4) is 0 Å². The molecule has 2 rings (SSSR count). The smallest absolute Gasteiger partial charge is 0.278 e. The summed E-state index contributed by atoms with van der Waals surface area (Å²) in [4.78, 5) is 0.0717. The second-order valence-electron chi connectivity index (χ2n) is 7.97. The predicted octanol–water partition coefficient (Wildman–Crippen LogP) is 6.49. The van der Waals surface area contributed by atoms with Gasteiger partial charge in [-0.25, -0.2) is 8.42 Å². The number of halogens is 4. The third-order valence-corrected chi connectivity index (χ3v) is 6.89. The van der Waals surface area contributed by atoms with Gasteiger partial charge in [0.15, 0.2) is 0 Å². The normalized spacial score (nSPS) is 12.9. The lowest BCUT2D eigenvalue weighted by molar-refractivity contribution is -0.138. The van der Waals surface area contributed by atoms with E-state index in [4.69, 9.17) is 0 Å². The van der Waals surface area contributed by atoms with E-state index in [2.05, 4.69) is 20.7 Å². The first-order valence-electron chi connectivity index (χ1n) is 8.56. The predicted molar refractivity (Wildman–Crippen MR) is 109 cm³/mol. The van der Waals surface area contributed by atoms with E-state index in [-0.39, 0.29) is 20.5 Å². The van der Waals surface area contributed by atoms with Crippen molar-refractivity contribution in [1.82, 2.24) is 0 Å². The summed E-state index contributed by atoms with van der Waals surface area (Å²) in [6.07, 6.45) is -4.61. The van der Waals surface area contributed by atoms with Gasteiger partial charge in [0.05, 0.1) is 20.6 Å². The summed E-state index contributed by atoms with van der Waals surface area (Å²) in [6.45, 7) is 10.9. The summed E-state index contributed by atoms with van der Waals surface area (Å²) in [7, 11) is -4.09. The fourth-order valence-electron chi connectivity index (χ4n) is 3.05. The minimum Gasteiger partial charge on any atom is -0.278 e. The molecule has 0 aliphatic rings. The topological polar surface area (TPSA) is 46.2 Å². The molecular weight excluding hydrogens is 455 g/mol. The SMILES string of the molecule is Cc1cc(NS(=O)(=O)c2c(C)cc(C(C)(C)C)cc2C)c(Br)c(C(F)(F)F)c1. The van der Waals surface area contributed by atoms with E-state index in [1.54, 1.807) is 26.0 Å². The molecule has 0 fully saturated rings. The molecule has 0 aliphatic carbocycles. The maximum atomic E-state index is 13.2. The number of hydrogen-bond acceptors (Lipinski definition) is 2. The molecule has 2 aromatic rings. The van der Waals surface area contributed by atoms with Gasteiger partial charge in [-0.1, -0.05) is 32.9 Å². The van der Waals surface area contributed by atoms with Crippen LogP contribution in [0.1, 0.15) is 48.6 Å². The molecule has 0 aromatic heterocycles. The molecule has 1 N–H and O–H groups in total. The van der Waals surface area contributed by atoms with Crippen molar-refractivity contribution in [2.75, 3.05) is 4.72 Å². The molecule has 0 heterocycles. The number of aryl methyl sites for hydroxylation is 3. The Labute approximate surface area is 172 Å². The van der Waals surface area contributed by atoms with Crippen LogP contribution in [0.2, 0.25) is 0 Å².